The van der Waals surface area contributed by atoms with Gasteiger partial charge in [0.2, 0.25) is 0 Å². The predicted octanol–water partition coefficient (Wildman–Crippen LogP) is 5.67. The Hall–Kier alpha value is -2.38. The predicted molar refractivity (Wildman–Crippen MR) is 149 cm³/mol. The molecule has 2 heterocycles. The van der Waals surface area contributed by atoms with E-state index in [9.17, 15) is 9.18 Å². The van der Waals surface area contributed by atoms with Gasteiger partial charge in [-0.15, -0.1) is 0 Å². The van der Waals surface area contributed by atoms with Gasteiger partial charge in [-0.05, 0) is 30.7 Å². The van der Waals surface area contributed by atoms with Crippen LogP contribution < -0.4 is 19.5 Å². The Labute approximate surface area is 259 Å². The first-order valence-corrected chi connectivity index (χ1v) is 13.2. The number of halogens is 1. The Kier molecular flexibility index (Phi) is 12.1. The average molecular weight is 776 g/mol. The maximum absolute atomic E-state index is 14.9. The number of aromatic nitrogens is 1. The number of carbonyl (C=O) groups excluding carboxylic acids is 1. The number of nitrogens with one attached hydrogen (secondary N) is 1. The van der Waals surface area contributed by atoms with Crippen LogP contribution in [0.15, 0.2) is 42.6 Å². The Bertz CT molecular complexity index is 1280. The molecule has 2 aromatic carbocycles. The van der Waals surface area contributed by atoms with Gasteiger partial charge in [0.1, 0.15) is 5.75 Å². The molecule has 40 heavy (non-hydrogen) atoms. The molecule has 10 heteroatoms. The minimum atomic E-state index is -0.594. The molecule has 1 saturated heterocycles. The molecular weight excluding hydrogens is 739 g/mol. The summed E-state index contributed by atoms with van der Waals surface area (Å²) < 4.78 is 37.7. The summed E-state index contributed by atoms with van der Waals surface area (Å²) in [6.07, 6.45) is 3.95. The van der Waals surface area contributed by atoms with E-state index in [-0.39, 0.29) is 42.8 Å². The number of morpholine rings is 1. The van der Waals surface area contributed by atoms with Crippen molar-refractivity contribution in [1.29, 1.82) is 0 Å². The van der Waals surface area contributed by atoms with E-state index in [1.165, 1.54) is 12.1 Å². The fourth-order valence-corrected chi connectivity index (χ4v) is 4.21. The van der Waals surface area contributed by atoms with Crippen LogP contribution >= 0.6 is 0 Å². The molecular formula is C30H36FN3O5U. The Morgan fingerprint density at radius 1 is 1.10 bits per heavy atom. The molecule has 0 bridgehead atoms. The van der Waals surface area contributed by atoms with E-state index in [1.807, 2.05) is 0 Å². The van der Waals surface area contributed by atoms with Crippen molar-refractivity contribution in [2.45, 2.75) is 26.2 Å². The van der Waals surface area contributed by atoms with Crippen LogP contribution in [0, 0.1) is 56.2 Å². The molecule has 1 aliphatic carbocycles. The summed E-state index contributed by atoms with van der Waals surface area (Å²) in [5, 5.41) is 3.38. The van der Waals surface area contributed by atoms with Gasteiger partial charge in [0.05, 0.1) is 32.4 Å². The summed E-state index contributed by atoms with van der Waals surface area (Å²) in [7, 11) is 1.57. The molecule has 1 amide bonds. The average Bonchev–Trinajstić information content (AvgIpc) is 3.72. The normalized spacial score (nSPS) is 15.7. The number of amides is 1. The van der Waals surface area contributed by atoms with Crippen molar-refractivity contribution >= 4 is 22.5 Å². The van der Waals surface area contributed by atoms with Crippen LogP contribution in [0.3, 0.4) is 0 Å². The largest absolute Gasteiger partial charge is 2.00 e. The third kappa shape index (κ3) is 8.10. The van der Waals surface area contributed by atoms with Crippen LogP contribution in [0.25, 0.3) is 10.9 Å². The summed E-state index contributed by atoms with van der Waals surface area (Å²) in [6.45, 7) is 13.8. The van der Waals surface area contributed by atoms with Gasteiger partial charge in [0.25, 0.3) is 0 Å². The van der Waals surface area contributed by atoms with E-state index in [4.69, 9.17) is 18.9 Å². The number of rotatable bonds is 10. The molecule has 0 spiro atoms. The van der Waals surface area contributed by atoms with Gasteiger partial charge in [-0.25, -0.2) is 4.39 Å². The molecule has 0 atom stereocenters. The molecule has 1 N–H and O–H groups in total. The topological polar surface area (TPSA) is 82.2 Å². The first kappa shape index (κ1) is 32.1. The first-order chi connectivity index (χ1) is 18.9. The second kappa shape index (κ2) is 15.0. The van der Waals surface area contributed by atoms with E-state index >= 15 is 0 Å². The molecule has 1 aliphatic heterocycles. The molecule has 2 aliphatic rings. The van der Waals surface area contributed by atoms with Gasteiger partial charge in [0.15, 0.2) is 29.0 Å². The molecule has 212 valence electrons. The van der Waals surface area contributed by atoms with Gasteiger partial charge in [-0.1, -0.05) is 18.3 Å². The van der Waals surface area contributed by atoms with Crippen LogP contribution in [0.4, 0.5) is 10.1 Å². The van der Waals surface area contributed by atoms with Gasteiger partial charge < -0.3 is 38.1 Å². The maximum Gasteiger partial charge on any atom is 2.00 e. The van der Waals surface area contributed by atoms with E-state index < -0.39 is 11.2 Å². The third-order valence-electron chi connectivity index (χ3n) is 6.71. The standard InChI is InChI=1S/C28H31FN3O5.C2H5.U/c1-28(7-8-28)27(33)31-19-4-5-24(21(29)16-19)37-23-6-9-30-22-18-26(25(34-2)17-20(22)23)36-13-3-10-32-11-14-35-15-12-32;1-2;/h4-6,9,16-18H,1,3,7-8,10-15H2,2H3,(H,31,33);1H2,2H3;/q2*-1;+2. The summed E-state index contributed by atoms with van der Waals surface area (Å²) in [4.78, 5) is 19.0. The second-order valence-corrected chi connectivity index (χ2v) is 9.47. The van der Waals surface area contributed by atoms with E-state index in [0.717, 1.165) is 52.1 Å². The summed E-state index contributed by atoms with van der Waals surface area (Å²) in [6, 6.07) is 9.59. The Morgan fingerprint density at radius 3 is 2.52 bits per heavy atom. The Morgan fingerprint density at radius 2 is 1.85 bits per heavy atom. The van der Waals surface area contributed by atoms with Gasteiger partial charge in [-0.2, -0.15) is 6.92 Å². The van der Waals surface area contributed by atoms with Gasteiger partial charge in [0, 0.05) is 49.0 Å². The molecule has 2 fully saturated rings. The van der Waals surface area contributed by atoms with Crippen LogP contribution in [0.2, 0.25) is 0 Å². The minimum Gasteiger partial charge on any atom is -0.493 e. The third-order valence-corrected chi connectivity index (χ3v) is 6.71. The summed E-state index contributed by atoms with van der Waals surface area (Å²) in [5.74, 6) is 0.788. The molecule has 0 unspecified atom stereocenters. The SMILES string of the molecule is [CH2-]C.[CH2-]C1(C(=O)Nc2ccc(Oc3ccnc4cc(OCCCN5CCOCC5)c(OC)cc34)c(F)c2)CC1.[U+2]. The van der Waals surface area contributed by atoms with Crippen LogP contribution in [-0.2, 0) is 9.53 Å². The number of fused-ring (bicyclic) bond motifs is 1. The monoisotopic (exact) mass is 775 g/mol. The maximum atomic E-state index is 14.9. The van der Waals surface area contributed by atoms with Crippen molar-refractivity contribution in [1.82, 2.24) is 9.88 Å². The van der Waals surface area contributed by atoms with Crippen LogP contribution in [0.1, 0.15) is 26.2 Å². The van der Waals surface area contributed by atoms with Crippen molar-refractivity contribution in [3.63, 3.8) is 0 Å². The summed E-state index contributed by atoms with van der Waals surface area (Å²) in [5.41, 5.74) is 0.406. The molecule has 0 radical (unpaired) electrons. The van der Waals surface area contributed by atoms with Crippen molar-refractivity contribution in [2.75, 3.05) is 51.9 Å². The van der Waals surface area contributed by atoms with E-state index in [1.54, 1.807) is 44.5 Å². The zero-order valence-electron chi connectivity index (χ0n) is 23.1. The van der Waals surface area contributed by atoms with Gasteiger partial charge in [-0.3, -0.25) is 14.7 Å². The summed E-state index contributed by atoms with van der Waals surface area (Å²) >= 11 is 0. The van der Waals surface area contributed by atoms with Crippen molar-refractivity contribution in [3.8, 4) is 23.0 Å². The number of hydrogen-bond donors (Lipinski definition) is 1. The molecule has 3 aromatic rings. The number of carbonyl (C=O) groups is 1. The smallest absolute Gasteiger partial charge is 0.493 e. The number of pyridine rings is 1. The van der Waals surface area contributed by atoms with Crippen LogP contribution in [0.5, 0.6) is 23.0 Å². The Balaban J connectivity index is 0.00000144. The van der Waals surface area contributed by atoms with Crippen molar-refractivity contribution in [2.24, 2.45) is 5.41 Å². The number of nitrogens with zero attached hydrogens (tertiary/aromatic N) is 2. The quantitative estimate of drug-likeness (QED) is 0.210. The number of methoxy groups -OCH3 is 1. The molecule has 1 aromatic heterocycles. The molecule has 1 saturated carbocycles. The van der Waals surface area contributed by atoms with Gasteiger partial charge >= 0.3 is 31.1 Å². The molecule has 8 nitrogen and oxygen atoms in total. The fourth-order valence-electron chi connectivity index (χ4n) is 4.21. The fraction of sp³-hybridized carbons (Fsp3) is 0.400. The van der Waals surface area contributed by atoms with E-state index in [0.29, 0.717) is 40.4 Å². The zero-order chi connectivity index (χ0) is 27.8. The number of anilines is 1. The number of hydrogen-bond acceptors (Lipinski definition) is 7. The van der Waals surface area contributed by atoms with Crippen molar-refractivity contribution < 1.29 is 59.2 Å². The minimum absolute atomic E-state index is 0. The van der Waals surface area contributed by atoms with Crippen molar-refractivity contribution in [3.05, 3.63) is 62.3 Å². The first-order valence-electron chi connectivity index (χ1n) is 13.2. The zero-order valence-corrected chi connectivity index (χ0v) is 27.3. The number of benzene rings is 2. The van der Waals surface area contributed by atoms with Crippen LogP contribution in [-0.4, -0.2) is 62.4 Å². The molecule has 5 rings (SSSR count). The second-order valence-electron chi connectivity index (χ2n) is 9.47. The van der Waals surface area contributed by atoms with E-state index in [2.05, 4.69) is 29.0 Å². The number of ether oxygens (including phenoxy) is 4.